The average Bonchev–Trinajstić information content (AvgIpc) is 2.88. The monoisotopic (exact) mass is 323 g/mol. The van der Waals surface area contributed by atoms with Gasteiger partial charge in [-0.15, -0.1) is 15.6 Å². The van der Waals surface area contributed by atoms with Crippen molar-refractivity contribution in [3.63, 3.8) is 0 Å². The molecule has 0 amide bonds. The van der Waals surface area contributed by atoms with Crippen molar-refractivity contribution in [2.24, 2.45) is 0 Å². The molecule has 0 saturated carbocycles. The van der Waals surface area contributed by atoms with E-state index < -0.39 is 10.5 Å². The van der Waals surface area contributed by atoms with Gasteiger partial charge in [0, 0.05) is 12.2 Å². The molecule has 0 bridgehead atoms. The van der Waals surface area contributed by atoms with E-state index in [1.807, 2.05) is 12.1 Å². The average molecular weight is 323 g/mol. The minimum atomic E-state index is -5.42. The number of nitrogens with two attached hydrogens (primary N) is 1. The zero-order valence-electron chi connectivity index (χ0n) is 11.1. The van der Waals surface area contributed by atoms with Gasteiger partial charge >= 0.3 is 0 Å². The van der Waals surface area contributed by atoms with Crippen LogP contribution in [0.4, 0.5) is 3.89 Å². The predicted octanol–water partition coefficient (Wildman–Crippen LogP) is 0.680. The molecule has 2 N–H and O–H groups in total. The van der Waals surface area contributed by atoms with Gasteiger partial charge in [0.1, 0.15) is 5.75 Å². The van der Waals surface area contributed by atoms with Gasteiger partial charge in [-0.3, -0.25) is 0 Å². The highest BCUT2D eigenvalue weighted by Gasteiger charge is 2.17. The molecule has 0 radical (unpaired) electrons. The summed E-state index contributed by atoms with van der Waals surface area (Å²) in [7, 11) is -3.71. The van der Waals surface area contributed by atoms with Gasteiger partial charge in [0.05, 0.1) is 25.4 Å². The first-order valence-corrected chi connectivity index (χ1v) is 8.46. The number of hydrogen-bond acceptors (Lipinski definition) is 5. The van der Waals surface area contributed by atoms with Crippen LogP contribution in [0.15, 0.2) is 24.3 Å². The summed E-state index contributed by atoms with van der Waals surface area (Å²) < 4.78 is 40.5. The molecule has 1 unspecified atom stereocenters. The number of halogens is 1. The molecule has 2 rings (SSSR count). The molecule has 1 aromatic carbocycles. The normalized spacial score (nSPS) is 18.2. The fraction of sp³-hybridized carbons (Fsp3) is 0.500. The molecule has 1 saturated heterocycles. The summed E-state index contributed by atoms with van der Waals surface area (Å²) in [5, 5.41) is 3.26. The summed E-state index contributed by atoms with van der Waals surface area (Å²) >= 11 is 2.08. The fourth-order valence-electron chi connectivity index (χ4n) is 1.81. The minimum Gasteiger partial charge on any atom is -0.722 e. The summed E-state index contributed by atoms with van der Waals surface area (Å²) in [5.74, 6) is 2.07. The maximum atomic E-state index is 10.1. The van der Waals surface area contributed by atoms with E-state index in [0.29, 0.717) is 0 Å². The molecule has 0 aliphatic carbocycles. The van der Waals surface area contributed by atoms with E-state index in [1.165, 1.54) is 25.1 Å². The van der Waals surface area contributed by atoms with E-state index in [1.54, 1.807) is 7.11 Å². The number of methoxy groups -OCH3 is 1. The van der Waals surface area contributed by atoms with Crippen LogP contribution in [0.3, 0.4) is 0 Å². The molecule has 114 valence electrons. The van der Waals surface area contributed by atoms with Gasteiger partial charge in [0.25, 0.3) is 10.5 Å². The van der Waals surface area contributed by atoms with Crippen LogP contribution in [0.5, 0.6) is 5.75 Å². The molecule has 20 heavy (non-hydrogen) atoms. The van der Waals surface area contributed by atoms with E-state index >= 15 is 0 Å². The third-order valence-corrected chi connectivity index (χ3v) is 4.17. The first-order valence-electron chi connectivity index (χ1n) is 6.10. The molecule has 1 aliphatic heterocycles. The summed E-state index contributed by atoms with van der Waals surface area (Å²) in [6.45, 7) is 2.60. The number of thioether (sulfide) groups is 1. The van der Waals surface area contributed by atoms with Gasteiger partial charge in [0.2, 0.25) is 0 Å². The smallest absolute Gasteiger partial charge is 0.255 e. The largest absolute Gasteiger partial charge is 0.722 e. The minimum absolute atomic E-state index is 0.854. The first-order chi connectivity index (χ1) is 9.38. The quantitative estimate of drug-likeness (QED) is 0.651. The number of ether oxygens (including phenoxy) is 1. The van der Waals surface area contributed by atoms with E-state index in [2.05, 4.69) is 29.2 Å². The summed E-state index contributed by atoms with van der Waals surface area (Å²) in [6.07, 6.45) is 1.36. The van der Waals surface area contributed by atoms with Gasteiger partial charge in [-0.05, 0) is 17.7 Å². The Bertz CT molecular complexity index is 479. The Balaban J connectivity index is 0.000000347. The van der Waals surface area contributed by atoms with Crippen LogP contribution in [0.2, 0.25) is 0 Å². The Labute approximate surface area is 122 Å². The van der Waals surface area contributed by atoms with Crippen LogP contribution in [0.1, 0.15) is 12.0 Å². The molecule has 0 spiro atoms. The third kappa shape index (κ3) is 8.36. The van der Waals surface area contributed by atoms with Gasteiger partial charge in [-0.2, -0.15) is 0 Å². The zero-order chi connectivity index (χ0) is 15.0. The van der Waals surface area contributed by atoms with Crippen LogP contribution in [0, 0.1) is 0 Å². The Hall–Kier alpha value is -0.830. The summed E-state index contributed by atoms with van der Waals surface area (Å²) in [4.78, 5) is 0. The number of rotatable bonds is 4. The lowest BCUT2D eigenvalue weighted by atomic mass is 10.2. The van der Waals surface area contributed by atoms with Crippen molar-refractivity contribution in [3.8, 4) is 5.75 Å². The molecule has 1 heterocycles. The second-order valence-corrected chi connectivity index (χ2v) is 6.35. The molecular formula is C12H18FNO4S2. The number of benzene rings is 1. The van der Waals surface area contributed by atoms with Crippen LogP contribution >= 0.6 is 11.8 Å². The van der Waals surface area contributed by atoms with E-state index in [4.69, 9.17) is 17.7 Å². The van der Waals surface area contributed by atoms with Crippen LogP contribution < -0.4 is 10.1 Å². The SMILES string of the molecule is COc1ccc(CSC2CC[NH2+]C2)cc1.O=S(=O)([O-])F. The Morgan fingerprint density at radius 1 is 1.45 bits per heavy atom. The van der Waals surface area contributed by atoms with Crippen molar-refractivity contribution in [2.45, 2.75) is 17.4 Å². The lowest BCUT2D eigenvalue weighted by Crippen LogP contribution is -2.81. The van der Waals surface area contributed by atoms with Crippen molar-refractivity contribution in [3.05, 3.63) is 29.8 Å². The van der Waals surface area contributed by atoms with Crippen molar-refractivity contribution in [1.29, 1.82) is 0 Å². The lowest BCUT2D eigenvalue weighted by molar-refractivity contribution is -0.635. The van der Waals surface area contributed by atoms with E-state index in [-0.39, 0.29) is 0 Å². The van der Waals surface area contributed by atoms with Gasteiger partial charge in [-0.1, -0.05) is 12.1 Å². The Morgan fingerprint density at radius 3 is 2.50 bits per heavy atom. The number of quaternary nitrogens is 1. The van der Waals surface area contributed by atoms with Crippen molar-refractivity contribution in [1.82, 2.24) is 0 Å². The molecule has 1 aliphatic rings. The van der Waals surface area contributed by atoms with Gasteiger partial charge in [-0.25, -0.2) is 8.42 Å². The molecule has 8 heteroatoms. The van der Waals surface area contributed by atoms with Gasteiger partial charge in [0.15, 0.2) is 0 Å². The van der Waals surface area contributed by atoms with Crippen molar-refractivity contribution in [2.75, 3.05) is 20.2 Å². The maximum Gasteiger partial charge on any atom is 0.255 e. The zero-order valence-corrected chi connectivity index (χ0v) is 12.8. The highest BCUT2D eigenvalue weighted by Crippen LogP contribution is 2.21. The van der Waals surface area contributed by atoms with Crippen molar-refractivity contribution < 1.29 is 26.9 Å². The van der Waals surface area contributed by atoms with Crippen LogP contribution in [-0.4, -0.2) is 38.4 Å². The van der Waals surface area contributed by atoms with Crippen molar-refractivity contribution >= 4 is 22.3 Å². The molecule has 1 atom stereocenters. The van der Waals surface area contributed by atoms with E-state index in [0.717, 1.165) is 16.8 Å². The second kappa shape index (κ2) is 8.46. The highest BCUT2D eigenvalue weighted by molar-refractivity contribution is 7.99. The number of hydrogen-bond donors (Lipinski definition) is 1. The Kier molecular flexibility index (Phi) is 7.28. The predicted molar refractivity (Wildman–Crippen MR) is 75.2 cm³/mol. The second-order valence-electron chi connectivity index (χ2n) is 4.28. The standard InChI is InChI=1S/C12H17NOS.FHO3S/c1-14-11-4-2-10(3-5-11)9-15-12-6-7-13-8-12;1-5(2,3)4/h2-5,12-13H,6-9H2,1H3;(H,2,3,4). The van der Waals surface area contributed by atoms with Crippen LogP contribution in [0.25, 0.3) is 0 Å². The van der Waals surface area contributed by atoms with E-state index in [9.17, 15) is 3.89 Å². The summed E-state index contributed by atoms with van der Waals surface area (Å²) in [6, 6.07) is 8.39. The van der Waals surface area contributed by atoms with Crippen LogP contribution in [-0.2, 0) is 16.3 Å². The molecule has 5 nitrogen and oxygen atoms in total. The molecule has 1 fully saturated rings. The molecular weight excluding hydrogens is 305 g/mol. The fourth-order valence-corrected chi connectivity index (χ4v) is 3.01. The Morgan fingerprint density at radius 2 is 2.05 bits per heavy atom. The topological polar surface area (TPSA) is 83.0 Å². The lowest BCUT2D eigenvalue weighted by Gasteiger charge is -2.06. The molecule has 1 aromatic rings. The maximum absolute atomic E-state index is 10.1. The molecule has 0 aromatic heterocycles. The first kappa shape index (κ1) is 17.2. The third-order valence-electron chi connectivity index (χ3n) is 2.77. The highest BCUT2D eigenvalue weighted by atomic mass is 32.3. The van der Waals surface area contributed by atoms with Gasteiger partial charge < -0.3 is 14.6 Å². The summed E-state index contributed by atoms with van der Waals surface area (Å²) in [5.41, 5.74) is 1.40.